The van der Waals surface area contributed by atoms with E-state index in [1.54, 1.807) is 24.3 Å². The molecule has 5 nitrogen and oxygen atoms in total. The van der Waals surface area contributed by atoms with E-state index in [1.165, 1.54) is 5.56 Å². The van der Waals surface area contributed by atoms with Crippen LogP contribution in [-0.2, 0) is 11.2 Å². The van der Waals surface area contributed by atoms with Gasteiger partial charge >= 0.3 is 0 Å². The maximum absolute atomic E-state index is 12.2. The number of amides is 2. The third-order valence-corrected chi connectivity index (χ3v) is 4.17. The van der Waals surface area contributed by atoms with Crippen molar-refractivity contribution in [3.8, 4) is 5.75 Å². The average Bonchev–Trinajstić information content (AvgIpc) is 2.61. The van der Waals surface area contributed by atoms with Crippen LogP contribution in [0, 0.1) is 0 Å². The Kier molecular flexibility index (Phi) is 7.01. The number of rotatable bonds is 7. The van der Waals surface area contributed by atoms with E-state index in [4.69, 9.17) is 4.74 Å². The van der Waals surface area contributed by atoms with E-state index in [1.807, 2.05) is 25.1 Å². The molecule has 0 aliphatic heterocycles. The number of aryl methyl sites for hydroxylation is 1. The summed E-state index contributed by atoms with van der Waals surface area (Å²) in [5.74, 6) is 0.0461. The lowest BCUT2D eigenvalue weighted by Gasteiger charge is -2.12. The molecule has 0 atom stereocenters. The number of hydrogen-bond donors (Lipinski definition) is 2. The van der Waals surface area contributed by atoms with E-state index in [0.29, 0.717) is 23.5 Å². The highest BCUT2D eigenvalue weighted by molar-refractivity contribution is 9.10. The van der Waals surface area contributed by atoms with Crippen molar-refractivity contribution in [2.75, 3.05) is 18.5 Å². The number of ether oxygens (including phenoxy) is 1. The van der Waals surface area contributed by atoms with Gasteiger partial charge < -0.3 is 15.4 Å². The molecule has 0 radical (unpaired) electrons. The molecular formula is C19H21BrN2O3. The van der Waals surface area contributed by atoms with E-state index in [2.05, 4.69) is 33.5 Å². The van der Waals surface area contributed by atoms with E-state index >= 15 is 0 Å². The summed E-state index contributed by atoms with van der Waals surface area (Å²) in [4.78, 5) is 24.2. The molecule has 0 aliphatic carbocycles. The van der Waals surface area contributed by atoms with Crippen molar-refractivity contribution < 1.29 is 14.3 Å². The van der Waals surface area contributed by atoms with Gasteiger partial charge in [0.25, 0.3) is 11.8 Å². The van der Waals surface area contributed by atoms with Crippen LogP contribution in [0.4, 0.5) is 5.69 Å². The Morgan fingerprint density at radius 2 is 1.88 bits per heavy atom. The van der Waals surface area contributed by atoms with E-state index in [9.17, 15) is 9.59 Å². The Hall–Kier alpha value is -2.34. The number of carbonyl (C=O) groups is 2. The summed E-state index contributed by atoms with van der Waals surface area (Å²) >= 11 is 3.44. The maximum atomic E-state index is 12.2. The summed E-state index contributed by atoms with van der Waals surface area (Å²) < 4.78 is 6.37. The molecule has 0 saturated heterocycles. The monoisotopic (exact) mass is 404 g/mol. The summed E-state index contributed by atoms with van der Waals surface area (Å²) in [6.07, 6.45) is 0.927. The molecule has 2 amide bonds. The van der Waals surface area contributed by atoms with Gasteiger partial charge in [-0.3, -0.25) is 9.59 Å². The summed E-state index contributed by atoms with van der Waals surface area (Å²) in [7, 11) is 0. The Bertz CT molecular complexity index is 762. The van der Waals surface area contributed by atoms with E-state index in [-0.39, 0.29) is 18.4 Å². The summed E-state index contributed by atoms with van der Waals surface area (Å²) in [6.45, 7) is 4.29. The second-order valence-electron chi connectivity index (χ2n) is 5.36. The number of halogens is 1. The second-order valence-corrected chi connectivity index (χ2v) is 6.21. The molecule has 2 N–H and O–H groups in total. The highest BCUT2D eigenvalue weighted by Gasteiger charge is 2.13. The van der Waals surface area contributed by atoms with Gasteiger partial charge in [0.1, 0.15) is 5.75 Å². The molecule has 0 aliphatic rings. The predicted molar refractivity (Wildman–Crippen MR) is 102 cm³/mol. The van der Waals surface area contributed by atoms with Gasteiger partial charge in [-0.1, -0.05) is 25.1 Å². The van der Waals surface area contributed by atoms with Gasteiger partial charge in [-0.05, 0) is 59.1 Å². The zero-order valence-corrected chi connectivity index (χ0v) is 15.9. The van der Waals surface area contributed by atoms with Crippen LogP contribution in [0.5, 0.6) is 5.75 Å². The SMILES string of the molecule is CCNC(=O)c1ccccc1NC(=O)COc1ccc(CC)cc1Br. The zero-order chi connectivity index (χ0) is 18.2. The van der Waals surface area contributed by atoms with Crippen molar-refractivity contribution in [1.82, 2.24) is 5.32 Å². The Morgan fingerprint density at radius 1 is 1.12 bits per heavy atom. The van der Waals surface area contributed by atoms with Crippen molar-refractivity contribution >= 4 is 33.4 Å². The van der Waals surface area contributed by atoms with Gasteiger partial charge in [-0.25, -0.2) is 0 Å². The number of nitrogens with one attached hydrogen (secondary N) is 2. The summed E-state index contributed by atoms with van der Waals surface area (Å²) in [5, 5.41) is 5.45. The van der Waals surface area contributed by atoms with Crippen molar-refractivity contribution in [3.05, 3.63) is 58.1 Å². The molecule has 2 aromatic carbocycles. The van der Waals surface area contributed by atoms with Crippen LogP contribution in [0.3, 0.4) is 0 Å². The first kappa shape index (κ1) is 19.0. The molecule has 25 heavy (non-hydrogen) atoms. The molecule has 132 valence electrons. The average molecular weight is 405 g/mol. The van der Waals surface area contributed by atoms with Crippen molar-refractivity contribution in [2.45, 2.75) is 20.3 Å². The first-order valence-corrected chi connectivity index (χ1v) is 8.92. The van der Waals surface area contributed by atoms with E-state index in [0.717, 1.165) is 10.9 Å². The molecule has 2 rings (SSSR count). The highest BCUT2D eigenvalue weighted by atomic mass is 79.9. The largest absolute Gasteiger partial charge is 0.483 e. The fourth-order valence-electron chi connectivity index (χ4n) is 2.26. The third-order valence-electron chi connectivity index (χ3n) is 3.55. The van der Waals surface area contributed by atoms with Crippen LogP contribution in [0.2, 0.25) is 0 Å². The van der Waals surface area contributed by atoms with E-state index < -0.39 is 0 Å². The first-order chi connectivity index (χ1) is 12.0. The standard InChI is InChI=1S/C19H21BrN2O3/c1-3-13-9-10-17(15(20)11-13)25-12-18(23)22-16-8-6-5-7-14(16)19(24)21-4-2/h5-11H,3-4,12H2,1-2H3,(H,21,24)(H,22,23). The molecule has 0 bridgehead atoms. The van der Waals surface area contributed by atoms with Gasteiger partial charge in [0.15, 0.2) is 6.61 Å². The fraction of sp³-hybridized carbons (Fsp3) is 0.263. The minimum Gasteiger partial charge on any atom is -0.483 e. The molecule has 6 heteroatoms. The minimum atomic E-state index is -0.330. The Morgan fingerprint density at radius 3 is 2.56 bits per heavy atom. The van der Waals surface area contributed by atoms with Crippen molar-refractivity contribution in [2.24, 2.45) is 0 Å². The molecule has 0 heterocycles. The van der Waals surface area contributed by atoms with Gasteiger partial charge in [-0.15, -0.1) is 0 Å². The minimum absolute atomic E-state index is 0.145. The summed E-state index contributed by atoms with van der Waals surface area (Å²) in [6, 6.07) is 12.6. The molecule has 2 aromatic rings. The Balaban J connectivity index is 2.00. The lowest BCUT2D eigenvalue weighted by atomic mass is 10.1. The van der Waals surface area contributed by atoms with Crippen LogP contribution >= 0.6 is 15.9 Å². The normalized spacial score (nSPS) is 10.2. The lowest BCUT2D eigenvalue weighted by Crippen LogP contribution is -2.26. The topological polar surface area (TPSA) is 67.4 Å². The quantitative estimate of drug-likeness (QED) is 0.737. The molecule has 0 saturated carbocycles. The van der Waals surface area contributed by atoms with Crippen LogP contribution in [-0.4, -0.2) is 25.0 Å². The van der Waals surface area contributed by atoms with Gasteiger partial charge in [0, 0.05) is 6.54 Å². The van der Waals surface area contributed by atoms with Crippen LogP contribution < -0.4 is 15.4 Å². The number of benzene rings is 2. The fourth-order valence-corrected chi connectivity index (χ4v) is 2.80. The smallest absolute Gasteiger partial charge is 0.262 e. The predicted octanol–water partition coefficient (Wildman–Crippen LogP) is 3.78. The summed E-state index contributed by atoms with van der Waals surface area (Å²) in [5.41, 5.74) is 2.06. The van der Waals surface area contributed by atoms with Crippen molar-refractivity contribution in [1.29, 1.82) is 0 Å². The first-order valence-electron chi connectivity index (χ1n) is 8.13. The zero-order valence-electron chi connectivity index (χ0n) is 14.3. The highest BCUT2D eigenvalue weighted by Crippen LogP contribution is 2.26. The van der Waals surface area contributed by atoms with Crippen molar-refractivity contribution in [3.63, 3.8) is 0 Å². The molecular weight excluding hydrogens is 384 g/mol. The molecule has 0 spiro atoms. The van der Waals surface area contributed by atoms with Crippen LogP contribution in [0.25, 0.3) is 0 Å². The second kappa shape index (κ2) is 9.22. The number of anilines is 1. The molecule has 0 unspecified atom stereocenters. The third kappa shape index (κ3) is 5.32. The van der Waals surface area contributed by atoms with Gasteiger partial charge in [0.2, 0.25) is 0 Å². The Labute approximate surface area is 155 Å². The number of para-hydroxylation sites is 1. The number of carbonyl (C=O) groups excluding carboxylic acids is 2. The lowest BCUT2D eigenvalue weighted by molar-refractivity contribution is -0.118. The van der Waals surface area contributed by atoms with Gasteiger partial charge in [-0.2, -0.15) is 0 Å². The van der Waals surface area contributed by atoms with Gasteiger partial charge in [0.05, 0.1) is 15.7 Å². The van der Waals surface area contributed by atoms with Crippen LogP contribution in [0.1, 0.15) is 29.8 Å². The maximum Gasteiger partial charge on any atom is 0.262 e. The molecule has 0 fully saturated rings. The van der Waals surface area contributed by atoms with Crippen LogP contribution in [0.15, 0.2) is 46.9 Å². The number of hydrogen-bond acceptors (Lipinski definition) is 3. The molecule has 0 aromatic heterocycles.